The number of hydrogen-bond donors (Lipinski definition) is 1. The van der Waals surface area contributed by atoms with E-state index in [1.54, 1.807) is 24.3 Å². The molecule has 0 amide bonds. The lowest BCUT2D eigenvalue weighted by atomic mass is 10.3. The summed E-state index contributed by atoms with van der Waals surface area (Å²) < 4.78 is 0.603. The average Bonchev–Trinajstić information content (AvgIpc) is 2.27. The van der Waals surface area contributed by atoms with Gasteiger partial charge in [0.1, 0.15) is 17.7 Å². The number of nitriles is 2. The van der Waals surface area contributed by atoms with Crippen LogP contribution < -0.4 is 5.32 Å². The van der Waals surface area contributed by atoms with Crippen molar-refractivity contribution >= 4 is 44.8 Å². The van der Waals surface area contributed by atoms with Crippen molar-refractivity contribution in [1.82, 2.24) is 0 Å². The van der Waals surface area contributed by atoms with Gasteiger partial charge in [0.25, 0.3) is 0 Å². The molecule has 6 heteroatoms. The summed E-state index contributed by atoms with van der Waals surface area (Å²) in [5.74, 6) is 0. The lowest BCUT2D eigenvalue weighted by molar-refractivity contribution is 1.44. The molecule has 0 aromatic heterocycles. The van der Waals surface area contributed by atoms with E-state index in [2.05, 4.69) is 21.2 Å². The molecule has 0 saturated carbocycles. The first-order valence-electron chi connectivity index (χ1n) is 4.00. The first-order chi connectivity index (χ1) is 7.58. The Bertz CT molecular complexity index is 487. The zero-order valence-electron chi connectivity index (χ0n) is 7.76. The van der Waals surface area contributed by atoms with Crippen molar-refractivity contribution in [2.45, 2.75) is 0 Å². The van der Waals surface area contributed by atoms with Gasteiger partial charge in [-0.3, -0.25) is 0 Å². The molecule has 0 aliphatic carbocycles. The molecule has 1 N–H and O–H groups in total. The fourth-order valence-electron chi connectivity index (χ4n) is 0.884. The van der Waals surface area contributed by atoms with E-state index in [0.29, 0.717) is 20.2 Å². The fraction of sp³-hybridized carbons (Fsp3) is 0. The highest BCUT2D eigenvalue weighted by atomic mass is 79.9. The second kappa shape index (κ2) is 5.77. The Labute approximate surface area is 111 Å². The number of hydrogen-bond acceptors (Lipinski definition) is 3. The lowest BCUT2D eigenvalue weighted by Crippen LogP contribution is -1.90. The van der Waals surface area contributed by atoms with Crippen molar-refractivity contribution < 1.29 is 0 Å². The van der Waals surface area contributed by atoms with Gasteiger partial charge < -0.3 is 5.32 Å². The number of nitrogens with one attached hydrogen (secondary N) is 1. The van der Waals surface area contributed by atoms with Crippen LogP contribution in [-0.2, 0) is 0 Å². The number of benzene rings is 1. The van der Waals surface area contributed by atoms with Gasteiger partial charge in [-0.15, -0.1) is 0 Å². The fourth-order valence-corrected chi connectivity index (χ4v) is 1.60. The molecule has 0 heterocycles. The molecular weight excluding hydrogens is 313 g/mol. The maximum atomic E-state index is 8.52. The van der Waals surface area contributed by atoms with Crippen molar-refractivity contribution in [2.75, 3.05) is 5.32 Å². The second-order valence-corrected chi connectivity index (χ2v) is 4.29. The maximum Gasteiger partial charge on any atom is 0.145 e. The summed E-state index contributed by atoms with van der Waals surface area (Å²) in [6.07, 6.45) is 1.29. The first-order valence-corrected chi connectivity index (χ1v) is 5.55. The van der Waals surface area contributed by atoms with E-state index in [-0.39, 0.29) is 5.57 Å². The Morgan fingerprint density at radius 3 is 2.19 bits per heavy atom. The van der Waals surface area contributed by atoms with Crippen LogP contribution in [0.15, 0.2) is 28.4 Å². The summed E-state index contributed by atoms with van der Waals surface area (Å²) in [4.78, 5) is 0. The van der Waals surface area contributed by atoms with Crippen LogP contribution in [-0.4, -0.2) is 0 Å². The Kier molecular flexibility index (Phi) is 4.64. The summed E-state index contributed by atoms with van der Waals surface area (Å²) in [5, 5.41) is 20.7. The van der Waals surface area contributed by atoms with E-state index in [1.165, 1.54) is 6.20 Å². The van der Waals surface area contributed by atoms with Gasteiger partial charge in [-0.05, 0) is 28.1 Å². The quantitative estimate of drug-likeness (QED) is 0.660. The van der Waals surface area contributed by atoms with Crippen LogP contribution in [0.4, 0.5) is 5.69 Å². The van der Waals surface area contributed by atoms with Crippen LogP contribution in [0.2, 0.25) is 10.0 Å². The van der Waals surface area contributed by atoms with Crippen molar-refractivity contribution in [3.05, 3.63) is 38.4 Å². The van der Waals surface area contributed by atoms with Gasteiger partial charge in [0.2, 0.25) is 0 Å². The third kappa shape index (κ3) is 3.15. The third-order valence-corrected chi connectivity index (χ3v) is 3.51. The number of allylic oxidation sites excluding steroid dienone is 1. The monoisotopic (exact) mass is 315 g/mol. The Balaban J connectivity index is 2.98. The maximum absolute atomic E-state index is 8.52. The molecule has 16 heavy (non-hydrogen) atoms. The highest BCUT2D eigenvalue weighted by Crippen LogP contribution is 2.33. The van der Waals surface area contributed by atoms with E-state index in [4.69, 9.17) is 33.7 Å². The van der Waals surface area contributed by atoms with Crippen LogP contribution in [0.5, 0.6) is 0 Å². The molecular formula is C10H4BrCl2N3. The van der Waals surface area contributed by atoms with Crippen molar-refractivity contribution in [1.29, 1.82) is 10.5 Å². The molecule has 80 valence electrons. The summed E-state index contributed by atoms with van der Waals surface area (Å²) in [6.45, 7) is 0. The number of halogens is 3. The molecule has 3 nitrogen and oxygen atoms in total. The van der Waals surface area contributed by atoms with Crippen LogP contribution >= 0.6 is 39.1 Å². The molecule has 0 aliphatic rings. The Hall–Kier alpha value is -1.20. The largest absolute Gasteiger partial charge is 0.360 e. The molecule has 0 radical (unpaired) electrons. The van der Waals surface area contributed by atoms with E-state index >= 15 is 0 Å². The van der Waals surface area contributed by atoms with Crippen LogP contribution in [0.3, 0.4) is 0 Å². The molecule has 0 saturated heterocycles. The zero-order valence-corrected chi connectivity index (χ0v) is 10.9. The van der Waals surface area contributed by atoms with Gasteiger partial charge in [0.15, 0.2) is 0 Å². The third-order valence-electron chi connectivity index (χ3n) is 1.61. The molecule has 0 aliphatic heterocycles. The van der Waals surface area contributed by atoms with E-state index in [0.717, 1.165) is 0 Å². The van der Waals surface area contributed by atoms with Crippen LogP contribution in [0.1, 0.15) is 0 Å². The first kappa shape index (κ1) is 12.9. The summed E-state index contributed by atoms with van der Waals surface area (Å²) in [7, 11) is 0. The zero-order chi connectivity index (χ0) is 12.1. The van der Waals surface area contributed by atoms with Gasteiger partial charge in [-0.25, -0.2) is 0 Å². The lowest BCUT2D eigenvalue weighted by Gasteiger charge is -2.04. The van der Waals surface area contributed by atoms with E-state index in [9.17, 15) is 0 Å². The molecule has 0 bridgehead atoms. The predicted molar refractivity (Wildman–Crippen MR) is 67.1 cm³/mol. The Morgan fingerprint density at radius 1 is 1.25 bits per heavy atom. The molecule has 0 atom stereocenters. The van der Waals surface area contributed by atoms with Gasteiger partial charge in [0.05, 0.1) is 14.5 Å². The van der Waals surface area contributed by atoms with E-state index in [1.807, 2.05) is 0 Å². The van der Waals surface area contributed by atoms with Gasteiger partial charge in [-0.1, -0.05) is 23.2 Å². The summed E-state index contributed by atoms with van der Waals surface area (Å²) >= 11 is 15.0. The minimum absolute atomic E-state index is 0.0323. The average molecular weight is 317 g/mol. The van der Waals surface area contributed by atoms with Crippen LogP contribution in [0, 0.1) is 22.7 Å². The minimum Gasteiger partial charge on any atom is -0.360 e. The number of nitrogens with zero attached hydrogens (tertiary/aromatic N) is 2. The summed E-state index contributed by atoms with van der Waals surface area (Å²) in [6, 6.07) is 6.70. The van der Waals surface area contributed by atoms with Crippen molar-refractivity contribution in [3.63, 3.8) is 0 Å². The van der Waals surface area contributed by atoms with Gasteiger partial charge in [-0.2, -0.15) is 10.5 Å². The molecule has 1 rings (SSSR count). The SMILES string of the molecule is N#CC(C#N)=CNc1cc(Cl)c(Br)c(Cl)c1. The van der Waals surface area contributed by atoms with E-state index < -0.39 is 0 Å². The minimum atomic E-state index is -0.0323. The van der Waals surface area contributed by atoms with Crippen molar-refractivity contribution in [2.24, 2.45) is 0 Å². The normalized spacial score (nSPS) is 8.81. The smallest absolute Gasteiger partial charge is 0.145 e. The second-order valence-electron chi connectivity index (χ2n) is 2.68. The molecule has 0 fully saturated rings. The Morgan fingerprint density at radius 2 is 1.75 bits per heavy atom. The highest BCUT2D eigenvalue weighted by molar-refractivity contribution is 9.10. The number of rotatable bonds is 2. The molecule has 0 spiro atoms. The standard InChI is InChI=1S/C10H4BrCl2N3/c11-10-8(12)1-7(2-9(10)13)16-5-6(3-14)4-15/h1-2,5,16H. The van der Waals surface area contributed by atoms with Crippen molar-refractivity contribution in [3.8, 4) is 12.1 Å². The number of anilines is 1. The highest BCUT2D eigenvalue weighted by Gasteiger charge is 2.04. The topological polar surface area (TPSA) is 59.6 Å². The molecule has 1 aromatic rings. The molecule has 0 unspecified atom stereocenters. The van der Waals surface area contributed by atoms with Gasteiger partial charge in [0, 0.05) is 11.9 Å². The van der Waals surface area contributed by atoms with Crippen LogP contribution in [0.25, 0.3) is 0 Å². The molecule has 1 aromatic carbocycles. The predicted octanol–water partition coefficient (Wildman–Crippen LogP) is 4.10. The summed E-state index contributed by atoms with van der Waals surface area (Å²) in [5.41, 5.74) is 0.566. The van der Waals surface area contributed by atoms with Gasteiger partial charge >= 0.3 is 0 Å².